The molecule has 1 saturated heterocycles. The van der Waals surface area contributed by atoms with E-state index in [9.17, 15) is 9.59 Å². The van der Waals surface area contributed by atoms with E-state index in [0.717, 1.165) is 75.1 Å². The number of rotatable bonds is 4. The minimum Gasteiger partial charge on any atom is -0.336 e. The molecule has 0 unspecified atom stereocenters. The Hall–Kier alpha value is -2.63. The summed E-state index contributed by atoms with van der Waals surface area (Å²) in [5.41, 5.74) is 3.22. The van der Waals surface area contributed by atoms with Gasteiger partial charge in [0.2, 0.25) is 0 Å². The van der Waals surface area contributed by atoms with Crippen LogP contribution in [0.4, 0.5) is 5.69 Å². The Morgan fingerprint density at radius 2 is 1.79 bits per heavy atom. The summed E-state index contributed by atoms with van der Waals surface area (Å²) in [5, 5.41) is 3.02. The Bertz CT molecular complexity index is 881. The van der Waals surface area contributed by atoms with E-state index >= 15 is 0 Å². The van der Waals surface area contributed by atoms with Crippen molar-refractivity contribution < 1.29 is 9.59 Å². The molecule has 2 aliphatic rings. The molecule has 0 spiro atoms. The van der Waals surface area contributed by atoms with Gasteiger partial charge in [0.25, 0.3) is 11.8 Å². The first-order chi connectivity index (χ1) is 13.7. The van der Waals surface area contributed by atoms with Crippen LogP contribution in [0.15, 0.2) is 24.3 Å². The molecule has 1 fully saturated rings. The molecule has 4 rings (SSSR count). The lowest BCUT2D eigenvalue weighted by Crippen LogP contribution is -2.37. The van der Waals surface area contributed by atoms with Crippen LogP contribution < -0.4 is 5.32 Å². The summed E-state index contributed by atoms with van der Waals surface area (Å²) in [7, 11) is 0. The molecule has 148 valence electrons. The number of nitrogens with one attached hydrogen (secondary N) is 1. The average Bonchev–Trinajstić information content (AvgIpc) is 3.14. The first kappa shape index (κ1) is 18.7. The third-order valence-electron chi connectivity index (χ3n) is 5.81. The number of aryl methyl sites for hydroxylation is 1. The van der Waals surface area contributed by atoms with E-state index in [-0.39, 0.29) is 11.8 Å². The number of nitrogens with zero attached hydrogens (tertiary/aromatic N) is 3. The van der Waals surface area contributed by atoms with Gasteiger partial charge in [-0.3, -0.25) is 9.59 Å². The predicted molar refractivity (Wildman–Crippen MR) is 109 cm³/mol. The Labute approximate surface area is 165 Å². The normalized spacial score (nSPS) is 16.5. The van der Waals surface area contributed by atoms with Crippen molar-refractivity contribution >= 4 is 17.5 Å². The number of para-hydroxylation sites is 1. The summed E-state index contributed by atoms with van der Waals surface area (Å²) in [5.74, 6) is 0.186. The van der Waals surface area contributed by atoms with Crippen LogP contribution >= 0.6 is 0 Å². The van der Waals surface area contributed by atoms with E-state index in [0.29, 0.717) is 11.5 Å². The summed E-state index contributed by atoms with van der Waals surface area (Å²) in [6.07, 6.45) is 6.93. The topological polar surface area (TPSA) is 67.2 Å². The van der Waals surface area contributed by atoms with Crippen LogP contribution in [0.25, 0.3) is 0 Å². The van der Waals surface area contributed by atoms with Crippen LogP contribution in [0, 0.1) is 0 Å². The molecule has 0 saturated carbocycles. The van der Waals surface area contributed by atoms with Crippen molar-refractivity contribution in [3.05, 3.63) is 47.0 Å². The number of carbonyl (C=O) groups is 2. The second-order valence-electron chi connectivity index (χ2n) is 7.66. The predicted octanol–water partition coefficient (Wildman–Crippen LogP) is 3.66. The summed E-state index contributed by atoms with van der Waals surface area (Å²) in [6.45, 7) is 4.40. The van der Waals surface area contributed by atoms with E-state index in [1.54, 1.807) is 0 Å². The number of piperidine rings is 1. The van der Waals surface area contributed by atoms with Gasteiger partial charge in [0.1, 0.15) is 0 Å². The van der Waals surface area contributed by atoms with Crippen molar-refractivity contribution in [1.82, 2.24) is 14.5 Å². The number of anilines is 1. The highest BCUT2D eigenvalue weighted by molar-refractivity contribution is 6.05. The molecule has 2 aliphatic heterocycles. The fourth-order valence-corrected chi connectivity index (χ4v) is 4.26. The fourth-order valence-electron chi connectivity index (χ4n) is 4.26. The highest BCUT2D eigenvalue weighted by atomic mass is 16.2. The number of fused-ring (bicyclic) bond motifs is 1. The largest absolute Gasteiger partial charge is 0.336 e. The van der Waals surface area contributed by atoms with Gasteiger partial charge in [-0.15, -0.1) is 0 Å². The number of likely N-dealkylation sites (tertiary alicyclic amines) is 1. The maximum atomic E-state index is 13.1. The van der Waals surface area contributed by atoms with Crippen molar-refractivity contribution in [3.63, 3.8) is 0 Å². The first-order valence-electron chi connectivity index (χ1n) is 10.5. The van der Waals surface area contributed by atoms with Gasteiger partial charge in [-0.2, -0.15) is 0 Å². The number of aromatic nitrogens is 2. The maximum absolute atomic E-state index is 13.1. The number of hydrogen-bond donors (Lipinski definition) is 1. The third kappa shape index (κ3) is 3.55. The minimum absolute atomic E-state index is 0.0316. The van der Waals surface area contributed by atoms with Gasteiger partial charge in [0, 0.05) is 25.3 Å². The lowest BCUT2D eigenvalue weighted by molar-refractivity contribution is 0.0705. The average molecular weight is 380 g/mol. The lowest BCUT2D eigenvalue weighted by Gasteiger charge is -2.27. The second-order valence-corrected chi connectivity index (χ2v) is 7.66. The van der Waals surface area contributed by atoms with E-state index in [4.69, 9.17) is 0 Å². The molecule has 0 atom stereocenters. The molecular weight excluding hydrogens is 352 g/mol. The molecule has 1 N–H and O–H groups in total. The van der Waals surface area contributed by atoms with Gasteiger partial charge < -0.3 is 14.8 Å². The monoisotopic (exact) mass is 380 g/mol. The number of benzene rings is 1. The highest BCUT2D eigenvalue weighted by Gasteiger charge is 2.30. The highest BCUT2D eigenvalue weighted by Crippen LogP contribution is 2.24. The maximum Gasteiger partial charge on any atom is 0.289 e. The SMILES string of the molecule is CCc1ccccc1NC(=O)c1nc(C(=O)N2CCCCC2)n2c1CCCC2. The molecular formula is C22H28N4O2. The fraction of sp³-hybridized carbons (Fsp3) is 0.500. The molecule has 0 radical (unpaired) electrons. The van der Waals surface area contributed by atoms with Gasteiger partial charge in [-0.25, -0.2) is 4.98 Å². The van der Waals surface area contributed by atoms with Gasteiger partial charge in [-0.05, 0) is 56.6 Å². The van der Waals surface area contributed by atoms with Crippen LogP contribution in [0.1, 0.15) is 71.4 Å². The van der Waals surface area contributed by atoms with Crippen molar-refractivity contribution in [1.29, 1.82) is 0 Å². The zero-order valence-corrected chi connectivity index (χ0v) is 16.5. The molecule has 0 bridgehead atoms. The lowest BCUT2D eigenvalue weighted by atomic mass is 10.1. The minimum atomic E-state index is -0.218. The smallest absolute Gasteiger partial charge is 0.289 e. The van der Waals surface area contributed by atoms with Gasteiger partial charge in [-0.1, -0.05) is 25.1 Å². The Balaban J connectivity index is 1.64. The summed E-state index contributed by atoms with van der Waals surface area (Å²) < 4.78 is 1.99. The Morgan fingerprint density at radius 3 is 2.57 bits per heavy atom. The quantitative estimate of drug-likeness (QED) is 0.880. The van der Waals surface area contributed by atoms with Crippen molar-refractivity contribution in [3.8, 4) is 0 Å². The van der Waals surface area contributed by atoms with Crippen molar-refractivity contribution in [2.24, 2.45) is 0 Å². The van der Waals surface area contributed by atoms with Crippen molar-refractivity contribution in [2.75, 3.05) is 18.4 Å². The van der Waals surface area contributed by atoms with Crippen LogP contribution in [-0.2, 0) is 19.4 Å². The number of amides is 2. The van der Waals surface area contributed by atoms with Crippen LogP contribution in [0.2, 0.25) is 0 Å². The van der Waals surface area contributed by atoms with Gasteiger partial charge in [0.15, 0.2) is 11.5 Å². The molecule has 1 aromatic carbocycles. The molecule has 2 amide bonds. The molecule has 2 aromatic rings. The Kier molecular flexibility index (Phi) is 5.46. The van der Waals surface area contributed by atoms with E-state index in [2.05, 4.69) is 17.2 Å². The summed E-state index contributed by atoms with van der Waals surface area (Å²) in [6, 6.07) is 7.83. The van der Waals surface area contributed by atoms with Crippen molar-refractivity contribution in [2.45, 2.75) is 58.4 Å². The molecule has 6 nitrogen and oxygen atoms in total. The number of hydrogen-bond acceptors (Lipinski definition) is 3. The first-order valence-corrected chi connectivity index (χ1v) is 10.5. The van der Waals surface area contributed by atoms with Gasteiger partial charge in [0.05, 0.1) is 5.69 Å². The molecule has 28 heavy (non-hydrogen) atoms. The van der Waals surface area contributed by atoms with Gasteiger partial charge >= 0.3 is 0 Å². The summed E-state index contributed by atoms with van der Waals surface area (Å²) >= 11 is 0. The molecule has 0 aliphatic carbocycles. The molecule has 1 aromatic heterocycles. The number of carbonyl (C=O) groups excluding carboxylic acids is 2. The molecule has 3 heterocycles. The van der Waals surface area contributed by atoms with E-state index in [1.807, 2.05) is 33.7 Å². The van der Waals surface area contributed by atoms with E-state index < -0.39 is 0 Å². The molecule has 6 heteroatoms. The standard InChI is InChI=1S/C22H28N4O2/c1-2-16-10-4-5-11-17(16)23-21(27)19-18-12-6-9-15-26(18)20(24-19)22(28)25-13-7-3-8-14-25/h4-5,10-11H,2-3,6-9,12-15H2,1H3,(H,23,27). The zero-order chi connectivity index (χ0) is 19.5. The van der Waals surface area contributed by atoms with E-state index in [1.165, 1.54) is 6.42 Å². The summed E-state index contributed by atoms with van der Waals surface area (Å²) in [4.78, 5) is 32.6. The van der Waals surface area contributed by atoms with Crippen LogP contribution in [0.5, 0.6) is 0 Å². The number of imidazole rings is 1. The Morgan fingerprint density at radius 1 is 1.04 bits per heavy atom. The van der Waals surface area contributed by atoms with Crippen LogP contribution in [0.3, 0.4) is 0 Å². The third-order valence-corrected chi connectivity index (χ3v) is 5.81. The second kappa shape index (κ2) is 8.17. The zero-order valence-electron chi connectivity index (χ0n) is 16.5. The van der Waals surface area contributed by atoms with Crippen LogP contribution in [-0.4, -0.2) is 39.4 Å².